The molecule has 0 radical (unpaired) electrons. The van der Waals surface area contributed by atoms with Gasteiger partial charge in [-0.3, -0.25) is 10.1 Å². The minimum atomic E-state index is -0.213. The quantitative estimate of drug-likeness (QED) is 0.173. The van der Waals surface area contributed by atoms with Crippen molar-refractivity contribution in [1.29, 1.82) is 0 Å². The second kappa shape index (κ2) is 10.2. The molecular formula is C27H19BrN8OS. The maximum atomic E-state index is 12.5. The van der Waals surface area contributed by atoms with Gasteiger partial charge in [-0.1, -0.05) is 63.6 Å². The molecule has 6 rings (SSSR count). The second-order valence-corrected chi connectivity index (χ2v) is 10.3. The molecule has 9 nitrogen and oxygen atoms in total. The summed E-state index contributed by atoms with van der Waals surface area (Å²) in [6.07, 6.45) is 3.45. The first-order valence-electron chi connectivity index (χ1n) is 11.6. The Morgan fingerprint density at radius 3 is 2.55 bits per heavy atom. The van der Waals surface area contributed by atoms with Crippen LogP contribution in [0.4, 0.5) is 0 Å². The Bertz CT molecular complexity index is 1750. The molecule has 0 bridgehead atoms. The van der Waals surface area contributed by atoms with Crippen molar-refractivity contribution >= 4 is 62.1 Å². The number of carbonyl (C=O) groups is 1. The molecule has 1 amide bonds. The lowest BCUT2D eigenvalue weighted by atomic mass is 10.2. The second-order valence-electron chi connectivity index (χ2n) is 8.33. The molecule has 1 fully saturated rings. The third-order valence-corrected chi connectivity index (χ3v) is 7.22. The first-order valence-corrected chi connectivity index (χ1v) is 13.2. The van der Waals surface area contributed by atoms with Crippen LogP contribution >= 0.6 is 27.7 Å². The highest BCUT2D eigenvalue weighted by atomic mass is 79.9. The molecule has 3 heterocycles. The fourth-order valence-corrected chi connectivity index (χ4v) is 5.02. The van der Waals surface area contributed by atoms with E-state index in [1.165, 1.54) is 11.8 Å². The molecular weight excluding hydrogens is 564 g/mol. The summed E-state index contributed by atoms with van der Waals surface area (Å²) in [5.74, 6) is 0.472. The van der Waals surface area contributed by atoms with Crippen molar-refractivity contribution in [3.05, 3.63) is 105 Å². The lowest BCUT2D eigenvalue weighted by Gasteiger charge is -2.08. The van der Waals surface area contributed by atoms with Crippen molar-refractivity contribution in [2.24, 2.45) is 10.2 Å². The highest BCUT2D eigenvalue weighted by molar-refractivity contribution is 9.10. The minimum Gasteiger partial charge on any atom is -0.299 e. The number of fused-ring (bicyclic) bond motifs is 1. The third kappa shape index (κ3) is 4.69. The standard InChI is InChI=1S/C27H19BrN8OS/c1-17-21(16-29-32-27-30-25(37)24(38-27)15-18-11-13-19(28)14-12-18)26(35(33-17)20-7-3-2-4-8-20)36-23-10-6-5-9-22(23)31-34-36/h2-16H,1H3,(H,30,32,37). The van der Waals surface area contributed by atoms with Crippen LogP contribution in [-0.4, -0.2) is 42.1 Å². The number of amides is 1. The van der Waals surface area contributed by atoms with Crippen molar-refractivity contribution in [2.75, 3.05) is 0 Å². The van der Waals surface area contributed by atoms with Crippen LogP contribution in [0.5, 0.6) is 0 Å². The molecule has 5 aromatic rings. The summed E-state index contributed by atoms with van der Waals surface area (Å²) < 4.78 is 4.54. The third-order valence-electron chi connectivity index (χ3n) is 5.79. The van der Waals surface area contributed by atoms with Gasteiger partial charge in [0.2, 0.25) is 0 Å². The van der Waals surface area contributed by atoms with Crippen LogP contribution in [0.3, 0.4) is 0 Å². The van der Waals surface area contributed by atoms with E-state index in [9.17, 15) is 4.79 Å². The van der Waals surface area contributed by atoms with Crippen LogP contribution in [0, 0.1) is 6.92 Å². The molecule has 1 aliphatic rings. The van der Waals surface area contributed by atoms with Crippen LogP contribution in [0.25, 0.3) is 28.6 Å². The molecule has 0 unspecified atom stereocenters. The smallest absolute Gasteiger partial charge is 0.264 e. The van der Waals surface area contributed by atoms with Crippen molar-refractivity contribution < 1.29 is 4.79 Å². The first kappa shape index (κ1) is 24.0. The van der Waals surface area contributed by atoms with E-state index in [4.69, 9.17) is 5.10 Å². The van der Waals surface area contributed by atoms with Gasteiger partial charge in [0.15, 0.2) is 11.0 Å². The molecule has 3 aromatic carbocycles. The van der Waals surface area contributed by atoms with Crippen LogP contribution < -0.4 is 5.32 Å². The maximum Gasteiger partial charge on any atom is 0.264 e. The molecule has 2 aromatic heterocycles. The number of rotatable bonds is 5. The predicted molar refractivity (Wildman–Crippen MR) is 154 cm³/mol. The fraction of sp³-hybridized carbons (Fsp3) is 0.0370. The number of carbonyl (C=O) groups excluding carboxylic acids is 1. The number of para-hydroxylation sites is 2. The van der Waals surface area contributed by atoms with Crippen LogP contribution in [-0.2, 0) is 4.79 Å². The highest BCUT2D eigenvalue weighted by Gasteiger charge is 2.24. The first-order chi connectivity index (χ1) is 18.6. The van der Waals surface area contributed by atoms with Gasteiger partial charge in [-0.25, -0.2) is 4.68 Å². The summed E-state index contributed by atoms with van der Waals surface area (Å²) in [6, 6.07) is 25.3. The normalized spacial score (nSPS) is 15.8. The van der Waals surface area contributed by atoms with Gasteiger partial charge in [-0.05, 0) is 66.7 Å². The summed E-state index contributed by atoms with van der Waals surface area (Å²) in [7, 11) is 0. The van der Waals surface area contributed by atoms with Crippen molar-refractivity contribution in [3.8, 4) is 11.5 Å². The number of hydrogen-bond donors (Lipinski definition) is 1. The summed E-state index contributed by atoms with van der Waals surface area (Å²) >= 11 is 4.66. The van der Waals surface area contributed by atoms with Gasteiger partial charge >= 0.3 is 0 Å². The van der Waals surface area contributed by atoms with E-state index < -0.39 is 0 Å². The molecule has 0 aliphatic carbocycles. The Morgan fingerprint density at radius 2 is 1.74 bits per heavy atom. The van der Waals surface area contributed by atoms with Gasteiger partial charge in [0.25, 0.3) is 5.91 Å². The van der Waals surface area contributed by atoms with E-state index in [1.807, 2.05) is 96.5 Å². The van der Waals surface area contributed by atoms with Gasteiger partial charge in [-0.15, -0.1) is 10.2 Å². The summed E-state index contributed by atoms with van der Waals surface area (Å²) in [6.45, 7) is 1.90. The summed E-state index contributed by atoms with van der Waals surface area (Å²) in [5.41, 5.74) is 4.87. The number of halogens is 1. The number of aromatic nitrogens is 5. The number of nitrogens with one attached hydrogen (secondary N) is 1. The van der Waals surface area contributed by atoms with E-state index in [2.05, 4.69) is 41.8 Å². The topological polar surface area (TPSA) is 102 Å². The molecule has 1 N–H and O–H groups in total. The Morgan fingerprint density at radius 1 is 0.974 bits per heavy atom. The fourth-order valence-electron chi connectivity index (χ4n) is 3.98. The minimum absolute atomic E-state index is 0.213. The maximum absolute atomic E-state index is 12.5. The monoisotopic (exact) mass is 582 g/mol. The van der Waals surface area contributed by atoms with Gasteiger partial charge in [-0.2, -0.15) is 14.9 Å². The highest BCUT2D eigenvalue weighted by Crippen LogP contribution is 2.27. The zero-order valence-electron chi connectivity index (χ0n) is 20.0. The van der Waals surface area contributed by atoms with Gasteiger partial charge in [0.05, 0.1) is 33.6 Å². The van der Waals surface area contributed by atoms with E-state index >= 15 is 0 Å². The Kier molecular flexibility index (Phi) is 6.44. The van der Waals surface area contributed by atoms with Crippen LogP contribution in [0.1, 0.15) is 16.8 Å². The molecule has 38 heavy (non-hydrogen) atoms. The molecule has 0 saturated carbocycles. The Balaban J connectivity index is 1.36. The van der Waals surface area contributed by atoms with Crippen molar-refractivity contribution in [1.82, 2.24) is 30.1 Å². The molecule has 11 heteroatoms. The zero-order valence-corrected chi connectivity index (χ0v) is 22.4. The number of nitrogens with zero attached hydrogens (tertiary/aromatic N) is 7. The largest absolute Gasteiger partial charge is 0.299 e. The lowest BCUT2D eigenvalue weighted by molar-refractivity contribution is -0.115. The number of hydrogen-bond acceptors (Lipinski definition) is 7. The lowest BCUT2D eigenvalue weighted by Crippen LogP contribution is -2.19. The zero-order chi connectivity index (χ0) is 26.1. The SMILES string of the molecule is Cc1nn(-c2ccccc2)c(-n2nnc3ccccc32)c1C=N/N=C1\NC(=O)C(=Cc2ccc(Br)cc2)S1. The van der Waals surface area contributed by atoms with E-state index in [0.29, 0.717) is 15.9 Å². The Hall–Kier alpha value is -4.35. The molecule has 0 spiro atoms. The molecule has 1 aliphatic heterocycles. The molecule has 1 saturated heterocycles. The average Bonchev–Trinajstić information content (AvgIpc) is 3.61. The van der Waals surface area contributed by atoms with Gasteiger partial charge in [0.1, 0.15) is 5.52 Å². The number of thioether (sulfide) groups is 1. The van der Waals surface area contributed by atoms with E-state index in [1.54, 1.807) is 10.9 Å². The number of aryl methyl sites for hydroxylation is 1. The van der Waals surface area contributed by atoms with E-state index in [-0.39, 0.29) is 5.91 Å². The van der Waals surface area contributed by atoms with Crippen LogP contribution in [0.15, 0.2) is 98.4 Å². The van der Waals surface area contributed by atoms with Crippen molar-refractivity contribution in [2.45, 2.75) is 6.92 Å². The summed E-state index contributed by atoms with van der Waals surface area (Å²) in [4.78, 5) is 13.0. The van der Waals surface area contributed by atoms with E-state index in [0.717, 1.165) is 38.0 Å². The summed E-state index contributed by atoms with van der Waals surface area (Å²) in [5, 5.41) is 25.2. The van der Waals surface area contributed by atoms with Gasteiger partial charge in [0, 0.05) is 4.47 Å². The van der Waals surface area contributed by atoms with Gasteiger partial charge < -0.3 is 0 Å². The van der Waals surface area contributed by atoms with Crippen LogP contribution in [0.2, 0.25) is 0 Å². The Labute approximate surface area is 230 Å². The number of amidine groups is 1. The molecule has 186 valence electrons. The number of benzene rings is 3. The predicted octanol–water partition coefficient (Wildman–Crippen LogP) is 5.27. The molecule has 0 atom stereocenters. The average molecular weight is 583 g/mol. The van der Waals surface area contributed by atoms with Crippen molar-refractivity contribution in [3.63, 3.8) is 0 Å².